The summed E-state index contributed by atoms with van der Waals surface area (Å²) in [6.45, 7) is 2.08. The van der Waals surface area contributed by atoms with Crippen LogP contribution in [0.25, 0.3) is 0 Å². The van der Waals surface area contributed by atoms with Crippen LogP contribution in [0.15, 0.2) is 0 Å². The molecule has 23 heavy (non-hydrogen) atoms. The second-order valence-electron chi connectivity index (χ2n) is 6.23. The maximum Gasteiger partial charge on any atom is 0.401 e. The lowest BCUT2D eigenvalue weighted by Crippen LogP contribution is -2.62. The minimum Gasteiger partial charge on any atom is -0.377 e. The van der Waals surface area contributed by atoms with Crippen LogP contribution in [0.1, 0.15) is 26.2 Å². The first-order valence-electron chi connectivity index (χ1n) is 8.08. The molecule has 0 spiro atoms. The molecule has 0 bridgehead atoms. The van der Waals surface area contributed by atoms with Gasteiger partial charge in [0.15, 0.2) is 0 Å². The Balaban J connectivity index is 1.81. The number of nitrogens with zero attached hydrogens (tertiary/aromatic N) is 1. The summed E-state index contributed by atoms with van der Waals surface area (Å²) < 4.78 is 48.3. The number of hydrogen-bond acceptors (Lipinski definition) is 4. The van der Waals surface area contributed by atoms with Gasteiger partial charge >= 0.3 is 6.18 Å². The second kappa shape index (κ2) is 7.81. The van der Waals surface area contributed by atoms with E-state index in [4.69, 9.17) is 9.47 Å². The van der Waals surface area contributed by atoms with E-state index in [1.165, 1.54) is 4.90 Å². The summed E-state index contributed by atoms with van der Waals surface area (Å²) in [5, 5.41) is 2.91. The van der Waals surface area contributed by atoms with E-state index in [9.17, 15) is 18.0 Å². The molecule has 0 aromatic carbocycles. The minimum absolute atomic E-state index is 0.0246. The van der Waals surface area contributed by atoms with Gasteiger partial charge in [-0.3, -0.25) is 9.69 Å². The normalized spacial score (nSPS) is 32.4. The van der Waals surface area contributed by atoms with Crippen LogP contribution >= 0.6 is 0 Å². The van der Waals surface area contributed by atoms with Crippen LogP contribution in [-0.4, -0.2) is 68.6 Å². The van der Waals surface area contributed by atoms with Crippen molar-refractivity contribution in [2.45, 2.75) is 50.6 Å². The molecular weight excluding hydrogens is 313 g/mol. The summed E-state index contributed by atoms with van der Waals surface area (Å²) in [5.41, 5.74) is 0. The summed E-state index contributed by atoms with van der Waals surface area (Å²) >= 11 is 0. The number of alkyl halides is 3. The fourth-order valence-electron chi connectivity index (χ4n) is 3.38. The summed E-state index contributed by atoms with van der Waals surface area (Å²) in [7, 11) is 1.57. The molecule has 4 unspecified atom stereocenters. The van der Waals surface area contributed by atoms with E-state index in [2.05, 4.69) is 5.32 Å². The Kier molecular flexibility index (Phi) is 6.27. The number of rotatable bonds is 6. The molecule has 134 valence electrons. The molecule has 1 saturated heterocycles. The highest BCUT2D eigenvalue weighted by Gasteiger charge is 2.44. The van der Waals surface area contributed by atoms with E-state index in [-0.39, 0.29) is 30.7 Å². The Morgan fingerprint density at radius 3 is 2.74 bits per heavy atom. The molecule has 1 aliphatic heterocycles. The van der Waals surface area contributed by atoms with E-state index in [0.717, 1.165) is 0 Å². The van der Waals surface area contributed by atoms with Crippen LogP contribution in [-0.2, 0) is 14.3 Å². The van der Waals surface area contributed by atoms with Crippen LogP contribution in [0, 0.1) is 5.92 Å². The molecule has 8 heteroatoms. The maximum atomic E-state index is 12.5. The zero-order valence-electron chi connectivity index (χ0n) is 13.6. The molecular formula is C15H25F3N2O3. The average Bonchev–Trinajstić information content (AvgIpc) is 2.44. The van der Waals surface area contributed by atoms with Crippen LogP contribution in [0.3, 0.4) is 0 Å². The highest BCUT2D eigenvalue weighted by atomic mass is 19.4. The van der Waals surface area contributed by atoms with Crippen LogP contribution in [0.2, 0.25) is 0 Å². The third-order valence-electron chi connectivity index (χ3n) is 4.51. The van der Waals surface area contributed by atoms with Gasteiger partial charge in [-0.15, -0.1) is 0 Å². The lowest BCUT2D eigenvalue weighted by atomic mass is 9.84. The lowest BCUT2D eigenvalue weighted by molar-refractivity contribution is -0.155. The fraction of sp³-hybridized carbons (Fsp3) is 0.933. The number of halogens is 3. The Hall–Kier alpha value is -0.860. The maximum absolute atomic E-state index is 12.5. The molecule has 0 radical (unpaired) electrons. The third kappa shape index (κ3) is 5.06. The van der Waals surface area contributed by atoms with Crippen molar-refractivity contribution in [2.75, 3.05) is 33.4 Å². The van der Waals surface area contributed by atoms with E-state index in [1.807, 2.05) is 6.92 Å². The number of methoxy groups -OCH3 is 1. The second-order valence-corrected chi connectivity index (χ2v) is 6.23. The largest absolute Gasteiger partial charge is 0.401 e. The molecule has 2 aliphatic rings. The van der Waals surface area contributed by atoms with Gasteiger partial charge in [0.25, 0.3) is 0 Å². The van der Waals surface area contributed by atoms with Gasteiger partial charge in [0.2, 0.25) is 5.91 Å². The van der Waals surface area contributed by atoms with Crippen molar-refractivity contribution in [1.29, 1.82) is 0 Å². The van der Waals surface area contributed by atoms with Crippen LogP contribution < -0.4 is 5.32 Å². The van der Waals surface area contributed by atoms with Gasteiger partial charge in [-0.2, -0.15) is 13.2 Å². The first-order valence-corrected chi connectivity index (χ1v) is 8.08. The fourth-order valence-corrected chi connectivity index (χ4v) is 3.38. The summed E-state index contributed by atoms with van der Waals surface area (Å²) in [6.07, 6.45) is -2.53. The molecule has 5 nitrogen and oxygen atoms in total. The number of hydrogen-bond donors (Lipinski definition) is 1. The van der Waals surface area contributed by atoms with Crippen molar-refractivity contribution in [2.24, 2.45) is 5.92 Å². The first-order chi connectivity index (χ1) is 10.8. The van der Waals surface area contributed by atoms with Crippen LogP contribution in [0.4, 0.5) is 13.2 Å². The van der Waals surface area contributed by atoms with Crippen LogP contribution in [0.5, 0.6) is 0 Å². The van der Waals surface area contributed by atoms with Gasteiger partial charge in [0.05, 0.1) is 24.6 Å². The molecule has 4 atom stereocenters. The van der Waals surface area contributed by atoms with E-state index in [0.29, 0.717) is 32.4 Å². The predicted molar refractivity (Wildman–Crippen MR) is 78.0 cm³/mol. The number of piperidine rings is 1. The van der Waals surface area contributed by atoms with Crippen molar-refractivity contribution in [3.8, 4) is 0 Å². The monoisotopic (exact) mass is 338 g/mol. The van der Waals surface area contributed by atoms with E-state index >= 15 is 0 Å². The number of carbonyl (C=O) groups is 1. The standard InChI is InChI=1S/C15H25F3N2O3/c1-3-23-12-7-11(13(12)22-2)19-14(21)10-5-4-6-20(8-10)9-15(16,17)18/h10-13H,3-9H2,1-2H3,(H,19,21). The number of carbonyl (C=O) groups excluding carboxylic acids is 1. The molecule has 1 aliphatic carbocycles. The number of amides is 1. The molecule has 2 fully saturated rings. The Morgan fingerprint density at radius 2 is 2.13 bits per heavy atom. The minimum atomic E-state index is -4.22. The highest BCUT2D eigenvalue weighted by molar-refractivity contribution is 5.79. The Labute approximate surface area is 134 Å². The average molecular weight is 338 g/mol. The van der Waals surface area contributed by atoms with Gasteiger partial charge in [-0.05, 0) is 32.7 Å². The van der Waals surface area contributed by atoms with Crippen molar-refractivity contribution >= 4 is 5.91 Å². The molecule has 1 amide bonds. The molecule has 1 N–H and O–H groups in total. The Bertz CT molecular complexity index is 406. The van der Waals surface area contributed by atoms with Gasteiger partial charge in [-0.25, -0.2) is 0 Å². The predicted octanol–water partition coefficient (Wildman–Crippen LogP) is 1.57. The van der Waals surface area contributed by atoms with Gasteiger partial charge in [-0.1, -0.05) is 0 Å². The molecule has 0 aromatic heterocycles. The van der Waals surface area contributed by atoms with Crippen molar-refractivity contribution in [3.63, 3.8) is 0 Å². The smallest absolute Gasteiger partial charge is 0.377 e. The number of nitrogens with one attached hydrogen (secondary N) is 1. The molecule has 2 rings (SSSR count). The van der Waals surface area contributed by atoms with Crippen molar-refractivity contribution in [3.05, 3.63) is 0 Å². The van der Waals surface area contributed by atoms with E-state index in [1.54, 1.807) is 7.11 Å². The summed E-state index contributed by atoms with van der Waals surface area (Å²) in [4.78, 5) is 13.6. The number of likely N-dealkylation sites (tertiary alicyclic amines) is 1. The van der Waals surface area contributed by atoms with Crippen molar-refractivity contribution in [1.82, 2.24) is 10.2 Å². The lowest BCUT2D eigenvalue weighted by Gasteiger charge is -2.44. The zero-order valence-corrected chi connectivity index (χ0v) is 13.6. The SMILES string of the molecule is CCOC1CC(NC(=O)C2CCCN(CC(F)(F)F)C2)C1OC. The summed E-state index contributed by atoms with van der Waals surface area (Å²) in [5.74, 6) is -0.575. The number of ether oxygens (including phenoxy) is 2. The molecule has 1 saturated carbocycles. The molecule has 0 aromatic rings. The third-order valence-corrected chi connectivity index (χ3v) is 4.51. The van der Waals surface area contributed by atoms with E-state index < -0.39 is 18.6 Å². The first kappa shape index (κ1) is 18.5. The van der Waals surface area contributed by atoms with Gasteiger partial charge in [0.1, 0.15) is 6.10 Å². The van der Waals surface area contributed by atoms with Gasteiger partial charge in [0, 0.05) is 20.3 Å². The topological polar surface area (TPSA) is 50.8 Å². The Morgan fingerprint density at radius 1 is 1.39 bits per heavy atom. The summed E-state index contributed by atoms with van der Waals surface area (Å²) in [6, 6.07) is -0.123. The highest BCUT2D eigenvalue weighted by Crippen LogP contribution is 2.28. The quantitative estimate of drug-likeness (QED) is 0.799. The molecule has 1 heterocycles. The zero-order chi connectivity index (χ0) is 17.0. The van der Waals surface area contributed by atoms with Crippen molar-refractivity contribution < 1.29 is 27.4 Å². The van der Waals surface area contributed by atoms with Gasteiger partial charge < -0.3 is 14.8 Å².